The molecule has 1 aliphatic rings. The second-order valence-electron chi connectivity index (χ2n) is 8.44. The van der Waals surface area contributed by atoms with Crippen LogP contribution in [0.4, 0.5) is 0 Å². The first-order valence-corrected chi connectivity index (χ1v) is 15.4. The summed E-state index contributed by atoms with van der Waals surface area (Å²) in [4.78, 5) is 0. The van der Waals surface area contributed by atoms with Crippen molar-refractivity contribution in [1.29, 1.82) is 0 Å². The van der Waals surface area contributed by atoms with Crippen LogP contribution in [0.25, 0.3) is 5.57 Å². The fourth-order valence-electron chi connectivity index (χ4n) is 4.23. The highest BCUT2D eigenvalue weighted by molar-refractivity contribution is 6.90. The zero-order chi connectivity index (χ0) is 17.3. The Kier molecular flexibility index (Phi) is 5.04. The molecule has 0 aromatic heterocycles. The molecule has 1 aromatic rings. The molecule has 0 saturated heterocycles. The molecule has 1 unspecified atom stereocenters. The van der Waals surface area contributed by atoms with Crippen LogP contribution >= 0.6 is 0 Å². The fourth-order valence-corrected chi connectivity index (χ4v) is 15.3. The van der Waals surface area contributed by atoms with Crippen molar-refractivity contribution in [3.63, 3.8) is 0 Å². The molecule has 23 heavy (non-hydrogen) atoms. The number of rotatable bonds is 5. The Balaban J connectivity index is 2.62. The van der Waals surface area contributed by atoms with E-state index in [2.05, 4.69) is 105 Å². The summed E-state index contributed by atoms with van der Waals surface area (Å²) in [6.07, 6.45) is 10.1. The molecule has 0 heterocycles. The summed E-state index contributed by atoms with van der Waals surface area (Å²) in [5.41, 5.74) is 2.42. The van der Waals surface area contributed by atoms with Gasteiger partial charge in [0.05, 0.1) is 5.54 Å². The van der Waals surface area contributed by atoms with Gasteiger partial charge in [0.2, 0.25) is 0 Å². The van der Waals surface area contributed by atoms with Crippen molar-refractivity contribution in [3.8, 4) is 0 Å². The first kappa shape index (κ1) is 18.2. The highest BCUT2D eigenvalue weighted by Crippen LogP contribution is 2.43. The quantitative estimate of drug-likeness (QED) is 0.600. The van der Waals surface area contributed by atoms with Gasteiger partial charge in [-0.25, -0.2) is 0 Å². The summed E-state index contributed by atoms with van der Waals surface area (Å²) in [6.45, 7) is 19.4. The lowest BCUT2D eigenvalue weighted by atomic mass is 9.82. The molecule has 124 valence electrons. The summed E-state index contributed by atoms with van der Waals surface area (Å²) < 4.78 is 2.89. The molecule has 1 aliphatic carbocycles. The average Bonchev–Trinajstić information content (AvgIpc) is 2.45. The molecule has 0 N–H and O–H groups in total. The Labute approximate surface area is 144 Å². The van der Waals surface area contributed by atoms with Crippen LogP contribution in [-0.4, -0.2) is 26.2 Å². The Morgan fingerprint density at radius 3 is 1.96 bits per heavy atom. The summed E-state index contributed by atoms with van der Waals surface area (Å²) in [5.74, 6) is 0. The van der Waals surface area contributed by atoms with Gasteiger partial charge in [0.1, 0.15) is 16.5 Å². The van der Waals surface area contributed by atoms with Gasteiger partial charge in [-0.2, -0.15) is 0 Å². The van der Waals surface area contributed by atoms with Crippen LogP contribution in [0.5, 0.6) is 0 Å². The van der Waals surface area contributed by atoms with Crippen LogP contribution < -0.4 is 0 Å². The Morgan fingerprint density at radius 2 is 1.52 bits per heavy atom. The first-order chi connectivity index (χ1) is 10.6. The van der Waals surface area contributed by atoms with E-state index in [1.54, 1.807) is 0 Å². The van der Waals surface area contributed by atoms with E-state index in [1.165, 1.54) is 11.1 Å². The normalized spacial score (nSPS) is 21.7. The maximum Gasteiger partial charge on any atom is 0.113 e. The van der Waals surface area contributed by atoms with E-state index in [-0.39, 0.29) is 5.54 Å². The molecule has 0 bridgehead atoms. The predicted octanol–water partition coefficient (Wildman–Crippen LogP) is 5.93. The number of benzene rings is 1. The molecule has 0 aliphatic heterocycles. The Bertz CT molecular complexity index is 603. The predicted molar refractivity (Wildman–Crippen MR) is 110 cm³/mol. The van der Waals surface area contributed by atoms with Crippen LogP contribution in [-0.2, 0) is 0 Å². The van der Waals surface area contributed by atoms with Gasteiger partial charge in [-0.05, 0) is 17.6 Å². The van der Waals surface area contributed by atoms with Gasteiger partial charge in [0.15, 0.2) is 0 Å². The summed E-state index contributed by atoms with van der Waals surface area (Å²) in [6, 6.07) is 10.7. The Hall–Kier alpha value is -1.17. The summed E-state index contributed by atoms with van der Waals surface area (Å²) >= 11 is 0. The topological polar surface area (TPSA) is 3.24 Å². The minimum atomic E-state index is -1.53. The van der Waals surface area contributed by atoms with Gasteiger partial charge in [-0.15, -0.1) is 0 Å². The van der Waals surface area contributed by atoms with E-state index in [9.17, 15) is 0 Å². The molecule has 3 heteroatoms. The molecule has 1 nitrogen and oxygen atoms in total. The molecule has 1 aromatic carbocycles. The van der Waals surface area contributed by atoms with Crippen molar-refractivity contribution in [1.82, 2.24) is 4.23 Å². The van der Waals surface area contributed by atoms with Gasteiger partial charge >= 0.3 is 0 Å². The molecule has 0 amide bonds. The van der Waals surface area contributed by atoms with Gasteiger partial charge in [-0.3, -0.25) is 0 Å². The van der Waals surface area contributed by atoms with E-state index >= 15 is 0 Å². The van der Waals surface area contributed by atoms with Gasteiger partial charge in [0.25, 0.3) is 0 Å². The summed E-state index contributed by atoms with van der Waals surface area (Å²) in [5, 5.41) is 0. The van der Waals surface area contributed by atoms with Crippen molar-refractivity contribution < 1.29 is 0 Å². The van der Waals surface area contributed by atoms with Gasteiger partial charge < -0.3 is 4.23 Å². The lowest BCUT2D eigenvalue weighted by Crippen LogP contribution is -2.68. The maximum atomic E-state index is 4.59. The third-order valence-electron chi connectivity index (χ3n) is 4.43. The highest BCUT2D eigenvalue weighted by Gasteiger charge is 2.48. The van der Waals surface area contributed by atoms with E-state index in [1.807, 2.05) is 0 Å². The standard InChI is InChI=1S/C20H31NSi2/c1-18(19-14-10-8-11-15-19)20(16-12-9-13-17-20)21(22(2,3)4)23(5,6)7/h8-16H,1,17H2,2-7H3. The van der Waals surface area contributed by atoms with Crippen molar-refractivity contribution in [2.45, 2.75) is 51.2 Å². The lowest BCUT2D eigenvalue weighted by molar-refractivity contribution is 0.421. The molecule has 0 saturated carbocycles. The number of hydrogen-bond acceptors (Lipinski definition) is 1. The monoisotopic (exact) mass is 341 g/mol. The highest BCUT2D eigenvalue weighted by atomic mass is 28.4. The largest absolute Gasteiger partial charge is 0.333 e. The van der Waals surface area contributed by atoms with Gasteiger partial charge in [0, 0.05) is 0 Å². The average molecular weight is 342 g/mol. The van der Waals surface area contributed by atoms with Crippen LogP contribution in [0.1, 0.15) is 12.0 Å². The zero-order valence-electron chi connectivity index (χ0n) is 15.6. The molecular weight excluding hydrogens is 310 g/mol. The number of hydrogen-bond donors (Lipinski definition) is 0. The second-order valence-corrected chi connectivity index (χ2v) is 18.5. The third-order valence-corrected chi connectivity index (χ3v) is 11.9. The van der Waals surface area contributed by atoms with Crippen molar-refractivity contribution in [2.75, 3.05) is 0 Å². The van der Waals surface area contributed by atoms with Crippen LogP contribution in [0.3, 0.4) is 0 Å². The summed E-state index contributed by atoms with van der Waals surface area (Å²) in [7, 11) is -3.06. The molecule has 0 spiro atoms. The second kappa shape index (κ2) is 6.38. The smallest absolute Gasteiger partial charge is 0.113 e. The van der Waals surface area contributed by atoms with Crippen molar-refractivity contribution in [3.05, 3.63) is 66.8 Å². The lowest BCUT2D eigenvalue weighted by Gasteiger charge is -2.56. The van der Waals surface area contributed by atoms with E-state index in [4.69, 9.17) is 0 Å². The van der Waals surface area contributed by atoms with E-state index in [0.29, 0.717) is 0 Å². The molecular formula is C20H31NSi2. The molecule has 0 fully saturated rings. The van der Waals surface area contributed by atoms with Crippen molar-refractivity contribution in [2.24, 2.45) is 0 Å². The minimum absolute atomic E-state index is 0.0783. The molecule has 2 rings (SSSR count). The zero-order valence-corrected chi connectivity index (χ0v) is 17.6. The van der Waals surface area contributed by atoms with Crippen molar-refractivity contribution >= 4 is 22.0 Å². The Morgan fingerprint density at radius 1 is 0.957 bits per heavy atom. The SMILES string of the molecule is C=C(c1ccccc1)C1(N([Si](C)(C)C)[Si](C)(C)C)C=CC=CC1. The third kappa shape index (κ3) is 3.68. The fraction of sp³-hybridized carbons (Fsp3) is 0.400. The first-order valence-electron chi connectivity index (χ1n) is 8.49. The van der Waals surface area contributed by atoms with Crippen LogP contribution in [0.15, 0.2) is 61.2 Å². The number of nitrogens with zero attached hydrogens (tertiary/aromatic N) is 1. The van der Waals surface area contributed by atoms with Crippen LogP contribution in [0, 0.1) is 0 Å². The van der Waals surface area contributed by atoms with Gasteiger partial charge in [-0.1, -0.05) is 100 Å². The number of allylic oxidation sites excluding steroid dienone is 2. The minimum Gasteiger partial charge on any atom is -0.333 e. The van der Waals surface area contributed by atoms with E-state index < -0.39 is 16.5 Å². The van der Waals surface area contributed by atoms with E-state index in [0.717, 1.165) is 6.42 Å². The maximum absolute atomic E-state index is 4.59. The molecule has 0 radical (unpaired) electrons. The molecule has 1 atom stereocenters. The van der Waals surface area contributed by atoms with Crippen LogP contribution in [0.2, 0.25) is 39.3 Å².